The van der Waals surface area contributed by atoms with Gasteiger partial charge in [0.05, 0.1) is 9.92 Å². The van der Waals surface area contributed by atoms with E-state index in [9.17, 15) is 15.2 Å². The minimum Gasteiger partial charge on any atom is -0.502 e. The number of nitro benzene ring substituents is 1. The monoisotopic (exact) mass is 210 g/mol. The van der Waals surface area contributed by atoms with Crippen LogP contribution in [0.2, 0.25) is 0 Å². The van der Waals surface area contributed by atoms with E-state index >= 15 is 0 Å². The molecular formula is C8H6N2O3S. The van der Waals surface area contributed by atoms with Crippen LogP contribution in [-0.4, -0.2) is 10.0 Å². The summed E-state index contributed by atoms with van der Waals surface area (Å²) in [6, 6.07) is 4.55. The second kappa shape index (κ2) is 2.85. The highest BCUT2D eigenvalue weighted by Gasteiger charge is 2.19. The molecule has 2 aromatic rings. The summed E-state index contributed by atoms with van der Waals surface area (Å²) in [5, 5.41) is 21.1. The zero-order valence-corrected chi connectivity index (χ0v) is 7.75. The molecule has 0 aliphatic carbocycles. The van der Waals surface area contributed by atoms with E-state index in [4.69, 9.17) is 5.73 Å². The predicted octanol–water partition coefficient (Wildman–Crippen LogP) is 2.10. The van der Waals surface area contributed by atoms with Crippen LogP contribution < -0.4 is 5.73 Å². The van der Waals surface area contributed by atoms with E-state index in [2.05, 4.69) is 0 Å². The molecule has 0 bridgehead atoms. The van der Waals surface area contributed by atoms with E-state index in [1.165, 1.54) is 6.07 Å². The van der Waals surface area contributed by atoms with Crippen molar-refractivity contribution in [2.45, 2.75) is 0 Å². The molecule has 0 spiro atoms. The normalized spacial score (nSPS) is 10.6. The molecule has 1 heterocycles. The number of benzene rings is 1. The molecule has 1 aromatic heterocycles. The lowest BCUT2D eigenvalue weighted by molar-refractivity contribution is -0.383. The molecular weight excluding hydrogens is 204 g/mol. The summed E-state index contributed by atoms with van der Waals surface area (Å²) in [5.41, 5.74) is 5.25. The molecule has 0 aliphatic heterocycles. The molecule has 1 aromatic carbocycles. The minimum absolute atomic E-state index is 0.274. The van der Waals surface area contributed by atoms with Gasteiger partial charge >= 0.3 is 5.69 Å². The second-order valence-corrected chi connectivity index (χ2v) is 3.84. The van der Waals surface area contributed by atoms with Crippen molar-refractivity contribution in [2.24, 2.45) is 0 Å². The van der Waals surface area contributed by atoms with Gasteiger partial charge in [0.1, 0.15) is 4.70 Å². The van der Waals surface area contributed by atoms with E-state index in [0.29, 0.717) is 15.1 Å². The van der Waals surface area contributed by atoms with Gasteiger partial charge in [0.15, 0.2) is 5.75 Å². The highest BCUT2D eigenvalue weighted by atomic mass is 32.1. The van der Waals surface area contributed by atoms with Gasteiger partial charge in [-0.05, 0) is 18.2 Å². The Bertz CT molecular complexity index is 521. The maximum Gasteiger partial charge on any atom is 0.328 e. The summed E-state index contributed by atoms with van der Waals surface area (Å²) in [4.78, 5) is 10.1. The molecule has 0 unspecified atom stereocenters. The molecule has 14 heavy (non-hydrogen) atoms. The number of hydrogen-bond donors (Lipinski definition) is 2. The minimum atomic E-state index is -0.604. The molecule has 0 aliphatic rings. The van der Waals surface area contributed by atoms with Crippen LogP contribution in [0.15, 0.2) is 18.2 Å². The van der Waals surface area contributed by atoms with Crippen molar-refractivity contribution in [3.05, 3.63) is 28.3 Å². The van der Waals surface area contributed by atoms with Gasteiger partial charge in [-0.2, -0.15) is 0 Å². The Morgan fingerprint density at radius 2 is 2.21 bits per heavy atom. The molecule has 0 radical (unpaired) electrons. The van der Waals surface area contributed by atoms with Crippen LogP contribution in [0.1, 0.15) is 0 Å². The van der Waals surface area contributed by atoms with Gasteiger partial charge in [-0.25, -0.2) is 0 Å². The van der Waals surface area contributed by atoms with Crippen molar-refractivity contribution in [3.63, 3.8) is 0 Å². The number of phenolic OH excluding ortho intramolecular Hbond substituents is 1. The first-order chi connectivity index (χ1) is 6.59. The van der Waals surface area contributed by atoms with Crippen LogP contribution in [0.4, 0.5) is 10.7 Å². The van der Waals surface area contributed by atoms with Gasteiger partial charge in [0.25, 0.3) is 0 Å². The summed E-state index contributed by atoms with van der Waals surface area (Å²) in [6.07, 6.45) is 0. The van der Waals surface area contributed by atoms with E-state index in [-0.39, 0.29) is 11.4 Å². The van der Waals surface area contributed by atoms with Crippen molar-refractivity contribution >= 4 is 32.1 Å². The van der Waals surface area contributed by atoms with Crippen LogP contribution in [-0.2, 0) is 0 Å². The summed E-state index contributed by atoms with van der Waals surface area (Å²) in [5.74, 6) is -0.329. The smallest absolute Gasteiger partial charge is 0.328 e. The summed E-state index contributed by atoms with van der Waals surface area (Å²) in [6.45, 7) is 0. The Labute approximate surface area is 82.5 Å². The lowest BCUT2D eigenvalue weighted by Gasteiger charge is -1.95. The van der Waals surface area contributed by atoms with Crippen LogP contribution in [0.25, 0.3) is 10.1 Å². The number of fused-ring (bicyclic) bond motifs is 1. The zero-order chi connectivity index (χ0) is 10.3. The van der Waals surface area contributed by atoms with Gasteiger partial charge in [0, 0.05) is 5.39 Å². The first-order valence-corrected chi connectivity index (χ1v) is 4.56. The highest BCUT2D eigenvalue weighted by molar-refractivity contribution is 7.23. The lowest BCUT2D eigenvalue weighted by Crippen LogP contribution is -1.88. The highest BCUT2D eigenvalue weighted by Crippen LogP contribution is 2.40. The number of nitrogen functional groups attached to an aromatic ring is 1. The maximum absolute atomic E-state index is 10.7. The van der Waals surface area contributed by atoms with Crippen molar-refractivity contribution in [2.75, 3.05) is 5.73 Å². The van der Waals surface area contributed by atoms with Gasteiger partial charge in [-0.15, -0.1) is 11.3 Å². The zero-order valence-electron chi connectivity index (χ0n) is 6.93. The first kappa shape index (κ1) is 8.76. The Morgan fingerprint density at radius 3 is 2.86 bits per heavy atom. The average molecular weight is 210 g/mol. The molecule has 2 rings (SSSR count). The summed E-state index contributed by atoms with van der Waals surface area (Å²) < 4.78 is 0.410. The number of aromatic hydroxyl groups is 1. The Kier molecular flexibility index (Phi) is 1.78. The number of phenols is 1. The molecule has 6 heteroatoms. The van der Waals surface area contributed by atoms with Crippen molar-refractivity contribution in [1.82, 2.24) is 0 Å². The first-order valence-electron chi connectivity index (χ1n) is 3.75. The summed E-state index contributed by atoms with van der Waals surface area (Å²) >= 11 is 1.10. The summed E-state index contributed by atoms with van der Waals surface area (Å²) in [7, 11) is 0. The fourth-order valence-electron chi connectivity index (χ4n) is 1.27. The number of nitrogens with two attached hydrogens (primary N) is 1. The molecule has 3 N–H and O–H groups in total. The van der Waals surface area contributed by atoms with Crippen molar-refractivity contribution in [1.29, 1.82) is 0 Å². The fourth-order valence-corrected chi connectivity index (χ4v) is 2.22. The lowest BCUT2D eigenvalue weighted by atomic mass is 10.2. The van der Waals surface area contributed by atoms with E-state index in [1.54, 1.807) is 12.1 Å². The molecule has 72 valence electrons. The van der Waals surface area contributed by atoms with Crippen molar-refractivity contribution in [3.8, 4) is 5.75 Å². The third-order valence-electron chi connectivity index (χ3n) is 1.84. The Hall–Kier alpha value is -1.82. The fraction of sp³-hybridized carbons (Fsp3) is 0. The quantitative estimate of drug-likeness (QED) is 0.557. The van der Waals surface area contributed by atoms with E-state index in [0.717, 1.165) is 11.3 Å². The van der Waals surface area contributed by atoms with Gasteiger partial charge in [-0.3, -0.25) is 10.1 Å². The number of hydrogen-bond acceptors (Lipinski definition) is 5. The topological polar surface area (TPSA) is 89.4 Å². The number of nitro groups is 1. The number of anilines is 1. The van der Waals surface area contributed by atoms with Gasteiger partial charge in [0.2, 0.25) is 0 Å². The third-order valence-corrected chi connectivity index (χ3v) is 2.83. The number of thiophene rings is 1. The SMILES string of the molecule is Nc1cc2ccc(O)c([N+](=O)[O-])c2s1. The molecule has 0 saturated heterocycles. The molecule has 0 atom stereocenters. The molecule has 0 saturated carbocycles. The molecule has 0 fully saturated rings. The largest absolute Gasteiger partial charge is 0.502 e. The predicted molar refractivity (Wildman–Crippen MR) is 54.6 cm³/mol. The van der Waals surface area contributed by atoms with E-state index < -0.39 is 4.92 Å². The van der Waals surface area contributed by atoms with Crippen LogP contribution in [0, 0.1) is 10.1 Å². The number of nitrogens with zero attached hydrogens (tertiary/aromatic N) is 1. The van der Waals surface area contributed by atoms with Gasteiger partial charge in [-0.1, -0.05) is 0 Å². The molecule has 5 nitrogen and oxygen atoms in total. The van der Waals surface area contributed by atoms with Crippen LogP contribution >= 0.6 is 11.3 Å². The third kappa shape index (κ3) is 1.16. The van der Waals surface area contributed by atoms with Crippen molar-refractivity contribution < 1.29 is 10.0 Å². The van der Waals surface area contributed by atoms with Gasteiger partial charge < -0.3 is 10.8 Å². The standard InChI is InChI=1S/C8H6N2O3S/c9-6-3-4-1-2-5(11)7(10(12)13)8(4)14-6/h1-3,11H,9H2. The Balaban J connectivity index is 2.88. The Morgan fingerprint density at radius 1 is 1.50 bits per heavy atom. The van der Waals surface area contributed by atoms with Crippen LogP contribution in [0.3, 0.4) is 0 Å². The van der Waals surface area contributed by atoms with Crippen LogP contribution in [0.5, 0.6) is 5.75 Å². The second-order valence-electron chi connectivity index (χ2n) is 2.76. The number of rotatable bonds is 1. The molecule has 0 amide bonds. The van der Waals surface area contributed by atoms with E-state index in [1.807, 2.05) is 0 Å². The average Bonchev–Trinajstić information content (AvgIpc) is 2.43. The maximum atomic E-state index is 10.7.